The van der Waals surface area contributed by atoms with E-state index in [-0.39, 0.29) is 11.5 Å². The topological polar surface area (TPSA) is 99.0 Å². The monoisotopic (exact) mass is 539 g/mol. The average molecular weight is 540 g/mol. The van der Waals surface area contributed by atoms with Crippen molar-refractivity contribution in [3.63, 3.8) is 0 Å². The van der Waals surface area contributed by atoms with Crippen LogP contribution < -0.4 is 24.9 Å². The van der Waals surface area contributed by atoms with Gasteiger partial charge in [0.1, 0.15) is 5.75 Å². The molecule has 0 spiro atoms. The number of anilines is 1. The normalized spacial score (nSPS) is 14.8. The fourth-order valence-electron chi connectivity index (χ4n) is 4.44. The summed E-state index contributed by atoms with van der Waals surface area (Å²) >= 11 is 1.24. The van der Waals surface area contributed by atoms with Gasteiger partial charge in [-0.1, -0.05) is 53.8 Å². The second-order valence-electron chi connectivity index (χ2n) is 8.79. The van der Waals surface area contributed by atoms with Gasteiger partial charge in [-0.15, -0.1) is 0 Å². The molecule has 1 amide bonds. The quantitative estimate of drug-likeness (QED) is 0.377. The number of nitrogens with one attached hydrogen (secondary N) is 1. The van der Waals surface area contributed by atoms with Crippen molar-refractivity contribution in [2.24, 2.45) is 4.99 Å². The van der Waals surface area contributed by atoms with Gasteiger partial charge in [0.15, 0.2) is 4.80 Å². The van der Waals surface area contributed by atoms with E-state index in [4.69, 9.17) is 9.47 Å². The fraction of sp³-hybridized carbons (Fsp3) is 0.133. The van der Waals surface area contributed by atoms with Crippen LogP contribution in [0.4, 0.5) is 5.69 Å². The van der Waals surface area contributed by atoms with Crippen LogP contribution >= 0.6 is 11.3 Å². The molecule has 1 aliphatic rings. The highest BCUT2D eigenvalue weighted by molar-refractivity contribution is 7.07. The van der Waals surface area contributed by atoms with E-state index in [0.29, 0.717) is 37.6 Å². The molecular formula is C30H25N3O5S. The van der Waals surface area contributed by atoms with Crippen molar-refractivity contribution < 1.29 is 19.1 Å². The number of methoxy groups -OCH3 is 2. The van der Waals surface area contributed by atoms with Gasteiger partial charge in [0.25, 0.3) is 11.5 Å². The van der Waals surface area contributed by atoms with Gasteiger partial charge in [0.2, 0.25) is 0 Å². The molecular weight excluding hydrogens is 514 g/mol. The lowest BCUT2D eigenvalue weighted by Crippen LogP contribution is -2.40. The molecule has 8 nitrogen and oxygen atoms in total. The first-order chi connectivity index (χ1) is 18.9. The van der Waals surface area contributed by atoms with Crippen molar-refractivity contribution in [3.8, 4) is 5.75 Å². The predicted molar refractivity (Wildman–Crippen MR) is 150 cm³/mol. The molecule has 1 atom stereocenters. The Morgan fingerprint density at radius 2 is 1.74 bits per heavy atom. The summed E-state index contributed by atoms with van der Waals surface area (Å²) in [6.07, 6.45) is 1.75. The van der Waals surface area contributed by atoms with E-state index in [1.807, 2.05) is 42.5 Å². The number of rotatable bonds is 6. The molecule has 1 N–H and O–H groups in total. The Balaban J connectivity index is 1.64. The molecule has 4 aromatic rings. The van der Waals surface area contributed by atoms with Gasteiger partial charge in [-0.3, -0.25) is 14.2 Å². The summed E-state index contributed by atoms with van der Waals surface area (Å²) in [7, 11) is 2.90. The highest BCUT2D eigenvalue weighted by Crippen LogP contribution is 2.32. The van der Waals surface area contributed by atoms with Crippen LogP contribution in [0, 0.1) is 0 Å². The number of aromatic nitrogens is 1. The number of hydrogen-bond donors (Lipinski definition) is 1. The second-order valence-corrected chi connectivity index (χ2v) is 9.80. The number of nitrogens with zero attached hydrogens (tertiary/aromatic N) is 2. The van der Waals surface area contributed by atoms with E-state index >= 15 is 0 Å². The van der Waals surface area contributed by atoms with Crippen LogP contribution in [0.3, 0.4) is 0 Å². The van der Waals surface area contributed by atoms with E-state index < -0.39 is 12.0 Å². The van der Waals surface area contributed by atoms with E-state index in [1.54, 1.807) is 61.1 Å². The Morgan fingerprint density at radius 1 is 1.00 bits per heavy atom. The van der Waals surface area contributed by atoms with Crippen molar-refractivity contribution in [2.45, 2.75) is 13.0 Å². The van der Waals surface area contributed by atoms with E-state index in [0.717, 1.165) is 11.1 Å². The molecule has 5 rings (SSSR count). The molecule has 3 aromatic carbocycles. The summed E-state index contributed by atoms with van der Waals surface area (Å²) in [5.41, 5.74) is 3.13. The number of hydrogen-bond acceptors (Lipinski definition) is 7. The summed E-state index contributed by atoms with van der Waals surface area (Å²) < 4.78 is 12.2. The van der Waals surface area contributed by atoms with E-state index in [2.05, 4.69) is 10.3 Å². The number of amides is 1. The lowest BCUT2D eigenvalue weighted by atomic mass is 9.95. The molecule has 1 aliphatic heterocycles. The number of allylic oxidation sites excluding steroid dienone is 1. The minimum atomic E-state index is -0.719. The van der Waals surface area contributed by atoms with Crippen molar-refractivity contribution in [1.29, 1.82) is 0 Å². The van der Waals surface area contributed by atoms with Crippen LogP contribution in [0.5, 0.6) is 5.75 Å². The largest absolute Gasteiger partial charge is 0.497 e. The number of thiazole rings is 1. The SMILES string of the molecule is COC(=O)c1ccc(/C=c2\sc3n(c2=O)[C@H](c2cccc(OC)c2)C(C(=O)Nc2ccccc2)=C(C)N=3)cc1. The molecule has 0 unspecified atom stereocenters. The minimum Gasteiger partial charge on any atom is -0.497 e. The van der Waals surface area contributed by atoms with Crippen LogP contribution in [0.1, 0.15) is 34.5 Å². The number of carbonyl (C=O) groups is 2. The molecule has 1 aromatic heterocycles. The number of para-hydroxylation sites is 1. The van der Waals surface area contributed by atoms with Gasteiger partial charge >= 0.3 is 5.97 Å². The first kappa shape index (κ1) is 25.9. The summed E-state index contributed by atoms with van der Waals surface area (Å²) in [6.45, 7) is 1.77. The van der Waals surface area contributed by atoms with E-state index in [1.165, 1.54) is 18.4 Å². The number of ether oxygens (including phenoxy) is 2. The lowest BCUT2D eigenvalue weighted by molar-refractivity contribution is -0.113. The molecule has 196 valence electrons. The third-order valence-electron chi connectivity index (χ3n) is 6.34. The Kier molecular flexibility index (Phi) is 7.25. The molecule has 0 saturated heterocycles. The Bertz CT molecular complexity index is 1770. The third kappa shape index (κ3) is 5.17. The smallest absolute Gasteiger partial charge is 0.337 e. The molecule has 0 saturated carbocycles. The molecule has 0 radical (unpaired) electrons. The van der Waals surface area contributed by atoms with Crippen molar-refractivity contribution in [3.05, 3.63) is 127 Å². The molecule has 0 fully saturated rings. The third-order valence-corrected chi connectivity index (χ3v) is 7.32. The summed E-state index contributed by atoms with van der Waals surface area (Å²) in [5.74, 6) is -0.170. The number of benzene rings is 3. The molecule has 9 heteroatoms. The van der Waals surface area contributed by atoms with Crippen molar-refractivity contribution >= 4 is 35.0 Å². The zero-order valence-electron chi connectivity index (χ0n) is 21.5. The number of esters is 1. The van der Waals surface area contributed by atoms with E-state index in [9.17, 15) is 14.4 Å². The highest BCUT2D eigenvalue weighted by atomic mass is 32.1. The van der Waals surface area contributed by atoms with Crippen LogP contribution in [-0.4, -0.2) is 30.7 Å². The van der Waals surface area contributed by atoms with Gasteiger partial charge in [0.05, 0.1) is 41.6 Å². The first-order valence-electron chi connectivity index (χ1n) is 12.1. The maximum absolute atomic E-state index is 13.8. The maximum atomic E-state index is 13.8. The second kappa shape index (κ2) is 10.9. The zero-order valence-corrected chi connectivity index (χ0v) is 22.3. The van der Waals surface area contributed by atoms with Crippen LogP contribution in [0.15, 0.2) is 99.9 Å². The summed E-state index contributed by atoms with van der Waals surface area (Å²) in [6, 6.07) is 22.5. The Morgan fingerprint density at radius 3 is 2.44 bits per heavy atom. The van der Waals surface area contributed by atoms with Crippen molar-refractivity contribution in [1.82, 2.24) is 4.57 Å². The van der Waals surface area contributed by atoms with Gasteiger partial charge in [-0.2, -0.15) is 0 Å². The van der Waals surface area contributed by atoms with Gasteiger partial charge < -0.3 is 14.8 Å². The average Bonchev–Trinajstić information content (AvgIpc) is 3.26. The summed E-state index contributed by atoms with van der Waals surface area (Å²) in [4.78, 5) is 44.4. The fourth-order valence-corrected chi connectivity index (χ4v) is 5.49. The first-order valence-corrected chi connectivity index (χ1v) is 12.9. The highest BCUT2D eigenvalue weighted by Gasteiger charge is 2.32. The lowest BCUT2D eigenvalue weighted by Gasteiger charge is -2.25. The van der Waals surface area contributed by atoms with Crippen LogP contribution in [-0.2, 0) is 9.53 Å². The van der Waals surface area contributed by atoms with Crippen LogP contribution in [0.2, 0.25) is 0 Å². The minimum absolute atomic E-state index is 0.277. The standard InChI is InChI=1S/C30H25N3O5S/c1-18-25(27(34)32-22-9-5-4-6-10-22)26(21-8-7-11-23(17-21)37-2)33-28(35)24(39-30(33)31-18)16-19-12-14-20(15-13-19)29(36)38-3/h4-17,26H,1-3H3,(H,32,34)/b24-16-/t26-/m1/s1. The Labute approximate surface area is 228 Å². The van der Waals surface area contributed by atoms with Crippen molar-refractivity contribution in [2.75, 3.05) is 19.5 Å². The van der Waals surface area contributed by atoms with Gasteiger partial charge in [-0.25, -0.2) is 9.79 Å². The van der Waals surface area contributed by atoms with Crippen LogP contribution in [0.25, 0.3) is 6.08 Å². The summed E-state index contributed by atoms with van der Waals surface area (Å²) in [5, 5.41) is 2.94. The number of carbonyl (C=O) groups excluding carboxylic acids is 2. The predicted octanol–water partition coefficient (Wildman–Crippen LogP) is 3.67. The molecule has 39 heavy (non-hydrogen) atoms. The molecule has 2 heterocycles. The Hall–Kier alpha value is -4.76. The number of fused-ring (bicyclic) bond motifs is 1. The van der Waals surface area contributed by atoms with Gasteiger partial charge in [-0.05, 0) is 60.5 Å². The molecule has 0 bridgehead atoms. The zero-order chi connectivity index (χ0) is 27.5. The maximum Gasteiger partial charge on any atom is 0.337 e. The van der Waals surface area contributed by atoms with Gasteiger partial charge in [0, 0.05) is 5.69 Å². The molecule has 0 aliphatic carbocycles.